The molecule has 0 atom stereocenters. The smallest absolute Gasteiger partial charge is 0.272 e. The van der Waals surface area contributed by atoms with Gasteiger partial charge in [-0.05, 0) is 36.9 Å². The van der Waals surface area contributed by atoms with Crippen molar-refractivity contribution < 1.29 is 18.3 Å². The molecular weight excluding hydrogens is 338 g/mol. The van der Waals surface area contributed by atoms with E-state index >= 15 is 0 Å². The minimum absolute atomic E-state index is 0. The van der Waals surface area contributed by atoms with E-state index in [4.69, 9.17) is 10.5 Å². The van der Waals surface area contributed by atoms with Crippen molar-refractivity contribution in [3.63, 3.8) is 0 Å². The summed E-state index contributed by atoms with van der Waals surface area (Å²) < 4.78 is 29.6. The molecular formula is C17H25ClF2N2O2. The zero-order valence-electron chi connectivity index (χ0n) is 13.6. The third kappa shape index (κ3) is 5.91. The average molecular weight is 363 g/mol. The molecule has 2 rings (SSSR count). The summed E-state index contributed by atoms with van der Waals surface area (Å²) in [6, 6.07) is 6.62. The van der Waals surface area contributed by atoms with Crippen LogP contribution in [0.3, 0.4) is 0 Å². The maximum atomic E-state index is 12.4. The molecule has 0 unspecified atom stereocenters. The lowest BCUT2D eigenvalue weighted by molar-refractivity contribution is -0.118. The third-order valence-electron chi connectivity index (χ3n) is 4.41. The van der Waals surface area contributed by atoms with Gasteiger partial charge < -0.3 is 15.8 Å². The molecule has 3 N–H and O–H groups in total. The predicted molar refractivity (Wildman–Crippen MR) is 93.0 cm³/mol. The maximum absolute atomic E-state index is 12.4. The summed E-state index contributed by atoms with van der Waals surface area (Å²) in [6.45, 7) is -0.205. The lowest BCUT2D eigenvalue weighted by Gasteiger charge is -2.35. The second-order valence-electron chi connectivity index (χ2n) is 6.19. The normalized spacial score (nSPS) is 16.3. The molecule has 0 aromatic heterocycles. The van der Waals surface area contributed by atoms with E-state index in [9.17, 15) is 13.6 Å². The van der Waals surface area contributed by atoms with Crippen molar-refractivity contribution in [3.05, 3.63) is 24.3 Å². The van der Waals surface area contributed by atoms with Gasteiger partial charge in [-0.2, -0.15) is 0 Å². The number of hydrogen-bond acceptors (Lipinski definition) is 3. The Kier molecular flexibility index (Phi) is 8.42. The van der Waals surface area contributed by atoms with E-state index < -0.39 is 13.0 Å². The largest absolute Gasteiger partial charge is 0.485 e. The number of alkyl halides is 2. The van der Waals surface area contributed by atoms with Crippen LogP contribution in [0, 0.1) is 5.41 Å². The van der Waals surface area contributed by atoms with Crippen LogP contribution in [0.2, 0.25) is 0 Å². The molecule has 4 nitrogen and oxygen atoms in total. The lowest BCUT2D eigenvalue weighted by atomic mass is 9.71. The molecule has 1 fully saturated rings. The maximum Gasteiger partial charge on any atom is 0.272 e. The van der Waals surface area contributed by atoms with Gasteiger partial charge in [0.2, 0.25) is 5.91 Å². The Hall–Kier alpha value is -1.40. The number of nitrogens with two attached hydrogens (primary N) is 1. The summed E-state index contributed by atoms with van der Waals surface area (Å²) >= 11 is 0. The summed E-state index contributed by atoms with van der Waals surface area (Å²) in [5.41, 5.74) is 6.18. The number of anilines is 1. The fourth-order valence-corrected chi connectivity index (χ4v) is 3.14. The predicted octanol–water partition coefficient (Wildman–Crippen LogP) is 3.99. The second-order valence-corrected chi connectivity index (χ2v) is 6.19. The van der Waals surface area contributed by atoms with E-state index in [1.54, 1.807) is 24.3 Å². The van der Waals surface area contributed by atoms with Crippen LogP contribution >= 0.6 is 12.4 Å². The van der Waals surface area contributed by atoms with Crippen molar-refractivity contribution in [3.8, 4) is 5.75 Å². The molecule has 0 bridgehead atoms. The Labute approximate surface area is 147 Å². The molecule has 1 amide bonds. The first kappa shape index (κ1) is 20.6. The summed E-state index contributed by atoms with van der Waals surface area (Å²) in [6.07, 6.45) is 3.10. The first-order chi connectivity index (χ1) is 11.0. The molecule has 0 spiro atoms. The fraction of sp³-hybridized carbons (Fsp3) is 0.588. The Morgan fingerprint density at radius 3 is 2.54 bits per heavy atom. The van der Waals surface area contributed by atoms with Crippen LogP contribution < -0.4 is 15.8 Å². The first-order valence-electron chi connectivity index (χ1n) is 8.04. The Morgan fingerprint density at radius 1 is 1.25 bits per heavy atom. The second kappa shape index (κ2) is 9.79. The highest BCUT2D eigenvalue weighted by Gasteiger charge is 2.33. The molecule has 24 heavy (non-hydrogen) atoms. The minimum atomic E-state index is -2.55. The standard InChI is InChI=1S/C17H24F2N2O2.ClH/c18-15(19)11-23-14-7-3-2-6-13(14)21-16(22)10-17(12-20)8-4-1-5-9-17;/h2-3,6-7,15H,1,4-5,8-12,20H2,(H,21,22);1H. The van der Waals surface area contributed by atoms with Gasteiger partial charge in [-0.25, -0.2) is 8.78 Å². The summed E-state index contributed by atoms with van der Waals surface area (Å²) in [5, 5.41) is 2.78. The van der Waals surface area contributed by atoms with E-state index in [-0.39, 0.29) is 29.5 Å². The van der Waals surface area contributed by atoms with Gasteiger partial charge in [0.25, 0.3) is 6.43 Å². The molecule has 1 aliphatic rings. The Morgan fingerprint density at radius 2 is 1.92 bits per heavy atom. The van der Waals surface area contributed by atoms with Crippen molar-refractivity contribution >= 4 is 24.0 Å². The van der Waals surface area contributed by atoms with E-state index in [0.717, 1.165) is 25.7 Å². The number of nitrogens with one attached hydrogen (secondary N) is 1. The molecule has 0 saturated heterocycles. The monoisotopic (exact) mass is 362 g/mol. The van der Waals surface area contributed by atoms with Crippen molar-refractivity contribution in [2.45, 2.75) is 45.0 Å². The summed E-state index contributed by atoms with van der Waals surface area (Å²) in [4.78, 5) is 12.4. The molecule has 1 aliphatic carbocycles. The highest BCUT2D eigenvalue weighted by molar-refractivity contribution is 5.92. The van der Waals surface area contributed by atoms with Gasteiger partial charge in [0.15, 0.2) is 0 Å². The zero-order chi connectivity index (χ0) is 16.7. The summed E-state index contributed by atoms with van der Waals surface area (Å²) in [7, 11) is 0. The average Bonchev–Trinajstić information content (AvgIpc) is 2.54. The molecule has 7 heteroatoms. The van der Waals surface area contributed by atoms with Gasteiger partial charge in [0.05, 0.1) is 5.69 Å². The molecule has 1 aromatic rings. The number of carbonyl (C=O) groups is 1. The van der Waals surface area contributed by atoms with Crippen LogP contribution in [0.5, 0.6) is 5.75 Å². The number of benzene rings is 1. The fourth-order valence-electron chi connectivity index (χ4n) is 3.14. The minimum Gasteiger partial charge on any atom is -0.485 e. The zero-order valence-corrected chi connectivity index (χ0v) is 14.4. The topological polar surface area (TPSA) is 64.4 Å². The molecule has 1 aromatic carbocycles. The highest BCUT2D eigenvalue weighted by atomic mass is 35.5. The number of hydrogen-bond donors (Lipinski definition) is 2. The molecule has 1 saturated carbocycles. The third-order valence-corrected chi connectivity index (χ3v) is 4.41. The van der Waals surface area contributed by atoms with Crippen LogP contribution in [0.1, 0.15) is 38.5 Å². The van der Waals surface area contributed by atoms with Crippen LogP contribution in [-0.4, -0.2) is 25.5 Å². The number of para-hydroxylation sites is 2. The van der Waals surface area contributed by atoms with E-state index in [1.807, 2.05) is 0 Å². The summed E-state index contributed by atoms with van der Waals surface area (Å²) in [5.74, 6) is 0.108. The van der Waals surface area contributed by atoms with Gasteiger partial charge in [0.1, 0.15) is 12.4 Å². The quantitative estimate of drug-likeness (QED) is 0.770. The van der Waals surface area contributed by atoms with Gasteiger partial charge in [0, 0.05) is 6.42 Å². The SMILES string of the molecule is Cl.NCC1(CC(=O)Nc2ccccc2OCC(F)F)CCCCC1. The van der Waals surface area contributed by atoms with Crippen molar-refractivity contribution in [1.29, 1.82) is 0 Å². The lowest BCUT2D eigenvalue weighted by Crippen LogP contribution is -2.36. The van der Waals surface area contributed by atoms with E-state index in [0.29, 0.717) is 18.7 Å². The van der Waals surface area contributed by atoms with Gasteiger partial charge in [-0.3, -0.25) is 4.79 Å². The van der Waals surface area contributed by atoms with Crippen LogP contribution in [0.25, 0.3) is 0 Å². The number of amides is 1. The molecule has 0 aliphatic heterocycles. The van der Waals surface area contributed by atoms with Gasteiger partial charge >= 0.3 is 0 Å². The van der Waals surface area contributed by atoms with Crippen molar-refractivity contribution in [1.82, 2.24) is 0 Å². The first-order valence-corrected chi connectivity index (χ1v) is 8.04. The number of ether oxygens (including phenoxy) is 1. The Bertz CT molecular complexity index is 523. The molecule has 136 valence electrons. The van der Waals surface area contributed by atoms with Crippen LogP contribution in [0.4, 0.5) is 14.5 Å². The highest BCUT2D eigenvalue weighted by Crippen LogP contribution is 2.38. The van der Waals surface area contributed by atoms with Gasteiger partial charge in [-0.1, -0.05) is 31.4 Å². The van der Waals surface area contributed by atoms with Crippen LogP contribution in [-0.2, 0) is 4.79 Å². The Balaban J connectivity index is 0.00000288. The molecule has 0 heterocycles. The van der Waals surface area contributed by atoms with E-state index in [1.165, 1.54) is 6.42 Å². The van der Waals surface area contributed by atoms with Crippen molar-refractivity contribution in [2.75, 3.05) is 18.5 Å². The number of rotatable bonds is 7. The van der Waals surface area contributed by atoms with E-state index in [2.05, 4.69) is 5.32 Å². The number of carbonyl (C=O) groups excluding carboxylic acids is 1. The molecule has 0 radical (unpaired) electrons. The number of halogens is 3. The van der Waals surface area contributed by atoms with Gasteiger partial charge in [-0.15, -0.1) is 12.4 Å². The van der Waals surface area contributed by atoms with Crippen molar-refractivity contribution in [2.24, 2.45) is 11.1 Å². The van der Waals surface area contributed by atoms with Crippen LogP contribution in [0.15, 0.2) is 24.3 Å².